The van der Waals surface area contributed by atoms with Gasteiger partial charge in [-0.1, -0.05) is 23.7 Å². The zero-order valence-corrected chi connectivity index (χ0v) is 9.92. The van der Waals surface area contributed by atoms with Crippen molar-refractivity contribution < 1.29 is 4.42 Å². The van der Waals surface area contributed by atoms with Crippen LogP contribution in [0.25, 0.3) is 0 Å². The molecule has 0 aliphatic heterocycles. The molecule has 0 spiro atoms. The zero-order chi connectivity index (χ0) is 11.4. The van der Waals surface area contributed by atoms with Gasteiger partial charge in [-0.3, -0.25) is 0 Å². The molecule has 2 aromatic rings. The maximum Gasteiger partial charge on any atom is 0.117 e. The molecular weight excluding hydrogens is 222 g/mol. The summed E-state index contributed by atoms with van der Waals surface area (Å²) in [6.07, 6.45) is 1.68. The van der Waals surface area contributed by atoms with Gasteiger partial charge in [-0.25, -0.2) is 0 Å². The van der Waals surface area contributed by atoms with Gasteiger partial charge in [-0.05, 0) is 36.2 Å². The SMILES string of the molecule is Cc1c(Cl)cccc1CNCc1ccco1. The lowest BCUT2D eigenvalue weighted by Crippen LogP contribution is -2.13. The number of hydrogen-bond acceptors (Lipinski definition) is 2. The monoisotopic (exact) mass is 235 g/mol. The van der Waals surface area contributed by atoms with Gasteiger partial charge >= 0.3 is 0 Å². The van der Waals surface area contributed by atoms with E-state index in [0.29, 0.717) is 0 Å². The Hall–Kier alpha value is -1.25. The normalized spacial score (nSPS) is 10.6. The molecule has 1 aromatic carbocycles. The number of benzene rings is 1. The third-order valence-corrected chi connectivity index (χ3v) is 2.98. The van der Waals surface area contributed by atoms with Crippen molar-refractivity contribution in [3.8, 4) is 0 Å². The minimum Gasteiger partial charge on any atom is -0.468 e. The van der Waals surface area contributed by atoms with Gasteiger partial charge in [0.1, 0.15) is 5.76 Å². The van der Waals surface area contributed by atoms with E-state index in [4.69, 9.17) is 16.0 Å². The molecule has 16 heavy (non-hydrogen) atoms. The van der Waals surface area contributed by atoms with E-state index in [9.17, 15) is 0 Å². The van der Waals surface area contributed by atoms with Crippen molar-refractivity contribution in [2.45, 2.75) is 20.0 Å². The van der Waals surface area contributed by atoms with E-state index >= 15 is 0 Å². The molecule has 1 heterocycles. The first kappa shape index (κ1) is 11.2. The summed E-state index contributed by atoms with van der Waals surface area (Å²) < 4.78 is 5.24. The Morgan fingerprint density at radius 3 is 2.81 bits per heavy atom. The maximum atomic E-state index is 6.05. The van der Waals surface area contributed by atoms with Crippen LogP contribution in [0.3, 0.4) is 0 Å². The minimum absolute atomic E-state index is 0.735. The highest BCUT2D eigenvalue weighted by molar-refractivity contribution is 6.31. The van der Waals surface area contributed by atoms with E-state index < -0.39 is 0 Å². The Kier molecular flexibility index (Phi) is 3.65. The maximum absolute atomic E-state index is 6.05. The van der Waals surface area contributed by atoms with E-state index in [1.807, 2.05) is 31.2 Å². The molecule has 2 nitrogen and oxygen atoms in total. The highest BCUT2D eigenvalue weighted by Gasteiger charge is 2.01. The fraction of sp³-hybridized carbons (Fsp3) is 0.231. The topological polar surface area (TPSA) is 25.2 Å². The Morgan fingerprint density at radius 2 is 2.06 bits per heavy atom. The lowest BCUT2D eigenvalue weighted by atomic mass is 10.1. The molecule has 0 aliphatic rings. The van der Waals surface area contributed by atoms with Crippen molar-refractivity contribution in [2.75, 3.05) is 0 Å². The zero-order valence-electron chi connectivity index (χ0n) is 9.16. The highest BCUT2D eigenvalue weighted by atomic mass is 35.5. The van der Waals surface area contributed by atoms with Gasteiger partial charge < -0.3 is 9.73 Å². The van der Waals surface area contributed by atoms with Crippen LogP contribution in [0.15, 0.2) is 41.0 Å². The summed E-state index contributed by atoms with van der Waals surface area (Å²) in [6.45, 7) is 3.57. The van der Waals surface area contributed by atoms with Crippen LogP contribution in [0.2, 0.25) is 5.02 Å². The predicted octanol–water partition coefficient (Wildman–Crippen LogP) is 3.53. The van der Waals surface area contributed by atoms with Crippen LogP contribution >= 0.6 is 11.6 Å². The molecule has 1 aromatic heterocycles. The molecule has 3 heteroatoms. The Balaban J connectivity index is 1.92. The van der Waals surface area contributed by atoms with E-state index in [1.54, 1.807) is 6.26 Å². The van der Waals surface area contributed by atoms with Crippen LogP contribution in [-0.4, -0.2) is 0 Å². The van der Waals surface area contributed by atoms with Gasteiger partial charge in [-0.15, -0.1) is 0 Å². The summed E-state index contributed by atoms with van der Waals surface area (Å²) in [7, 11) is 0. The van der Waals surface area contributed by atoms with Gasteiger partial charge in [-0.2, -0.15) is 0 Å². The molecule has 0 unspecified atom stereocenters. The standard InChI is InChI=1S/C13H14ClNO/c1-10-11(4-2-6-13(10)14)8-15-9-12-5-3-7-16-12/h2-7,15H,8-9H2,1H3. The molecule has 0 saturated carbocycles. The Morgan fingerprint density at radius 1 is 1.19 bits per heavy atom. The molecule has 0 aliphatic carbocycles. The average Bonchev–Trinajstić information content (AvgIpc) is 2.77. The van der Waals surface area contributed by atoms with Crippen LogP contribution in [0.4, 0.5) is 0 Å². The van der Waals surface area contributed by atoms with Gasteiger partial charge in [0, 0.05) is 11.6 Å². The third kappa shape index (κ3) is 2.65. The molecule has 0 saturated heterocycles. The van der Waals surface area contributed by atoms with Crippen LogP contribution in [-0.2, 0) is 13.1 Å². The lowest BCUT2D eigenvalue weighted by Gasteiger charge is -2.07. The molecule has 84 valence electrons. The van der Waals surface area contributed by atoms with Crippen LogP contribution in [0, 0.1) is 6.92 Å². The van der Waals surface area contributed by atoms with Crippen LogP contribution in [0.5, 0.6) is 0 Å². The first-order chi connectivity index (χ1) is 7.77. The third-order valence-electron chi connectivity index (χ3n) is 2.57. The molecule has 0 amide bonds. The van der Waals surface area contributed by atoms with Gasteiger partial charge in [0.05, 0.1) is 12.8 Å². The summed E-state index contributed by atoms with van der Waals surface area (Å²) in [4.78, 5) is 0. The van der Waals surface area contributed by atoms with E-state index in [-0.39, 0.29) is 0 Å². The van der Waals surface area contributed by atoms with Crippen molar-refractivity contribution in [2.24, 2.45) is 0 Å². The minimum atomic E-state index is 0.735. The van der Waals surface area contributed by atoms with Crippen molar-refractivity contribution in [3.05, 3.63) is 58.5 Å². The molecule has 0 atom stereocenters. The number of rotatable bonds is 4. The quantitative estimate of drug-likeness (QED) is 0.877. The summed E-state index contributed by atoms with van der Waals surface area (Å²) in [5.41, 5.74) is 2.36. The van der Waals surface area contributed by atoms with Crippen molar-refractivity contribution in [1.29, 1.82) is 0 Å². The summed E-state index contributed by atoms with van der Waals surface area (Å²) in [6, 6.07) is 9.81. The Labute approximate surface area is 100 Å². The van der Waals surface area contributed by atoms with Crippen molar-refractivity contribution in [3.63, 3.8) is 0 Å². The highest BCUT2D eigenvalue weighted by Crippen LogP contribution is 2.18. The second-order valence-corrected chi connectivity index (χ2v) is 4.11. The molecular formula is C13H14ClNO. The largest absolute Gasteiger partial charge is 0.468 e. The molecule has 2 rings (SSSR count). The van der Waals surface area contributed by atoms with Crippen molar-refractivity contribution in [1.82, 2.24) is 5.32 Å². The average molecular weight is 236 g/mol. The number of hydrogen-bond donors (Lipinski definition) is 1. The van der Waals surface area contributed by atoms with E-state index in [0.717, 1.165) is 29.4 Å². The predicted molar refractivity (Wildman–Crippen MR) is 65.4 cm³/mol. The number of halogens is 1. The first-order valence-corrected chi connectivity index (χ1v) is 5.62. The molecule has 1 N–H and O–H groups in total. The first-order valence-electron chi connectivity index (χ1n) is 5.24. The fourth-order valence-corrected chi connectivity index (χ4v) is 1.77. The Bertz CT molecular complexity index is 451. The lowest BCUT2D eigenvalue weighted by molar-refractivity contribution is 0.483. The van der Waals surface area contributed by atoms with Gasteiger partial charge in [0.15, 0.2) is 0 Å². The summed E-state index contributed by atoms with van der Waals surface area (Å²) >= 11 is 6.05. The fourth-order valence-electron chi connectivity index (χ4n) is 1.58. The summed E-state index contributed by atoms with van der Waals surface area (Å²) in [5, 5.41) is 4.14. The van der Waals surface area contributed by atoms with Gasteiger partial charge in [0.2, 0.25) is 0 Å². The van der Waals surface area contributed by atoms with E-state index in [2.05, 4.69) is 11.4 Å². The number of nitrogens with one attached hydrogen (secondary N) is 1. The summed E-state index contributed by atoms with van der Waals surface area (Å²) in [5.74, 6) is 0.944. The van der Waals surface area contributed by atoms with Crippen LogP contribution < -0.4 is 5.32 Å². The van der Waals surface area contributed by atoms with Gasteiger partial charge in [0.25, 0.3) is 0 Å². The second kappa shape index (κ2) is 5.19. The number of furan rings is 1. The van der Waals surface area contributed by atoms with Crippen molar-refractivity contribution >= 4 is 11.6 Å². The smallest absolute Gasteiger partial charge is 0.117 e. The molecule has 0 fully saturated rings. The van der Waals surface area contributed by atoms with Crippen LogP contribution in [0.1, 0.15) is 16.9 Å². The molecule has 0 bridgehead atoms. The van der Waals surface area contributed by atoms with E-state index in [1.165, 1.54) is 5.56 Å². The molecule has 0 radical (unpaired) electrons. The second-order valence-electron chi connectivity index (χ2n) is 3.71.